The second-order valence-electron chi connectivity index (χ2n) is 12.3. The van der Waals surface area contributed by atoms with Gasteiger partial charge >= 0.3 is 0 Å². The number of rotatable bonds is 8. The number of nitrogens with one attached hydrogen (secondary N) is 1. The molecule has 2 aliphatic heterocycles. The van der Waals surface area contributed by atoms with Gasteiger partial charge in [-0.3, -0.25) is 14.5 Å². The van der Waals surface area contributed by atoms with Crippen LogP contribution in [-0.2, 0) is 17.8 Å². The lowest BCUT2D eigenvalue weighted by Gasteiger charge is -2.33. The van der Waals surface area contributed by atoms with Gasteiger partial charge in [-0.1, -0.05) is 24.3 Å². The standard InChI is InChI=1S/C37H37N5O3/c1-25-19-35-30(20-29(25)21-34(43)28-11-17-42(18-12-28)33-9-7-31(39-2)8-10-33)22-36(45-35)37(44)40-32-13-15-41(16-14-32)24-27-5-3-26(23-38)4-6-27/h3-10,19-20,22,28,32H,11-18,21,24H2,1H3,(H,40,44). The average Bonchev–Trinajstić information content (AvgIpc) is 3.49. The summed E-state index contributed by atoms with van der Waals surface area (Å²) in [4.78, 5) is 34.5. The first kappa shape index (κ1) is 30.1. The highest BCUT2D eigenvalue weighted by molar-refractivity contribution is 5.97. The Kier molecular flexibility index (Phi) is 8.96. The van der Waals surface area contributed by atoms with Gasteiger partial charge in [0.2, 0.25) is 0 Å². The fourth-order valence-corrected chi connectivity index (χ4v) is 6.50. The van der Waals surface area contributed by atoms with Crippen LogP contribution in [0.1, 0.15) is 58.5 Å². The van der Waals surface area contributed by atoms with E-state index in [1.807, 2.05) is 67.6 Å². The van der Waals surface area contributed by atoms with Crippen LogP contribution >= 0.6 is 0 Å². The van der Waals surface area contributed by atoms with Gasteiger partial charge in [0.05, 0.1) is 18.2 Å². The van der Waals surface area contributed by atoms with Gasteiger partial charge < -0.3 is 14.6 Å². The molecule has 0 saturated carbocycles. The lowest BCUT2D eigenvalue weighted by Crippen LogP contribution is -2.44. The number of aryl methyl sites for hydroxylation is 1. The van der Waals surface area contributed by atoms with Crippen molar-refractivity contribution in [3.8, 4) is 6.07 Å². The number of nitriles is 1. The smallest absolute Gasteiger partial charge is 0.287 e. The molecule has 4 aromatic rings. The number of furan rings is 1. The van der Waals surface area contributed by atoms with Gasteiger partial charge in [-0.05, 0) is 91.8 Å². The Morgan fingerprint density at radius 2 is 1.69 bits per heavy atom. The van der Waals surface area contributed by atoms with Crippen molar-refractivity contribution in [3.05, 3.63) is 106 Å². The molecule has 3 aromatic carbocycles. The maximum atomic E-state index is 13.3. The van der Waals surface area contributed by atoms with Crippen molar-refractivity contribution in [1.29, 1.82) is 5.26 Å². The molecule has 6 rings (SSSR count). The van der Waals surface area contributed by atoms with Crippen molar-refractivity contribution in [2.75, 3.05) is 31.1 Å². The van der Waals surface area contributed by atoms with Crippen LogP contribution < -0.4 is 10.2 Å². The Balaban J connectivity index is 1.01. The van der Waals surface area contributed by atoms with E-state index in [1.165, 1.54) is 5.56 Å². The first-order chi connectivity index (χ1) is 21.9. The largest absolute Gasteiger partial charge is 0.451 e. The fourth-order valence-electron chi connectivity index (χ4n) is 6.50. The number of fused-ring (bicyclic) bond motifs is 1. The topological polar surface area (TPSA) is 93.9 Å². The van der Waals surface area contributed by atoms with Crippen LogP contribution in [-0.4, -0.2) is 48.8 Å². The minimum atomic E-state index is -0.206. The van der Waals surface area contributed by atoms with Crippen LogP contribution in [0.25, 0.3) is 15.8 Å². The van der Waals surface area contributed by atoms with Gasteiger partial charge in [-0.2, -0.15) is 5.26 Å². The number of piperidine rings is 2. The molecule has 8 nitrogen and oxygen atoms in total. The Labute approximate surface area is 264 Å². The van der Waals surface area contributed by atoms with Gasteiger partial charge in [0.1, 0.15) is 11.4 Å². The molecule has 228 valence electrons. The highest BCUT2D eigenvalue weighted by atomic mass is 16.3. The molecule has 3 heterocycles. The summed E-state index contributed by atoms with van der Waals surface area (Å²) in [7, 11) is 0. The van der Waals surface area contributed by atoms with E-state index in [0.717, 1.165) is 80.6 Å². The van der Waals surface area contributed by atoms with Gasteiger partial charge in [0, 0.05) is 62.2 Å². The van der Waals surface area contributed by atoms with Crippen molar-refractivity contribution >= 4 is 34.0 Å². The first-order valence-corrected chi connectivity index (χ1v) is 15.7. The summed E-state index contributed by atoms with van der Waals surface area (Å²) in [5, 5.41) is 13.0. The molecule has 1 N–H and O–H groups in total. The molecule has 0 atom stereocenters. The number of Topliss-reactive ketones (excluding diaryl/α,β-unsaturated/α-hetero) is 1. The fraction of sp³-hybridized carbons (Fsp3) is 0.351. The number of likely N-dealkylation sites (tertiary alicyclic amines) is 1. The SMILES string of the molecule is [C-]#[N+]c1ccc(N2CCC(C(=O)Cc3cc4cc(C(=O)NC5CCN(Cc6ccc(C#N)cc6)CC5)oc4cc3C)CC2)cc1. The highest BCUT2D eigenvalue weighted by Gasteiger charge is 2.26. The lowest BCUT2D eigenvalue weighted by atomic mass is 9.88. The zero-order valence-electron chi connectivity index (χ0n) is 25.6. The summed E-state index contributed by atoms with van der Waals surface area (Å²) in [5.41, 5.74) is 6.20. The van der Waals surface area contributed by atoms with Crippen molar-refractivity contribution in [2.24, 2.45) is 5.92 Å². The first-order valence-electron chi connectivity index (χ1n) is 15.7. The van der Waals surface area contributed by atoms with Crippen LogP contribution in [0.2, 0.25) is 0 Å². The Morgan fingerprint density at radius 3 is 2.36 bits per heavy atom. The van der Waals surface area contributed by atoms with Crippen LogP contribution in [0.5, 0.6) is 0 Å². The van der Waals surface area contributed by atoms with Crippen LogP contribution in [0.4, 0.5) is 11.4 Å². The van der Waals surface area contributed by atoms with E-state index in [0.29, 0.717) is 29.0 Å². The summed E-state index contributed by atoms with van der Waals surface area (Å²) >= 11 is 0. The summed E-state index contributed by atoms with van der Waals surface area (Å²) in [5.74, 6) is 0.375. The van der Waals surface area contributed by atoms with Gasteiger partial charge in [0.25, 0.3) is 5.91 Å². The molecular formula is C37H37N5O3. The van der Waals surface area contributed by atoms with E-state index < -0.39 is 0 Å². The number of ketones is 1. The van der Waals surface area contributed by atoms with E-state index >= 15 is 0 Å². The number of carbonyl (C=O) groups excluding carboxylic acids is 2. The Bertz CT molecular complexity index is 1760. The molecule has 1 amide bonds. The molecule has 0 radical (unpaired) electrons. The van der Waals surface area contributed by atoms with E-state index in [1.54, 1.807) is 6.07 Å². The monoisotopic (exact) mass is 599 g/mol. The van der Waals surface area contributed by atoms with Crippen LogP contribution in [0.3, 0.4) is 0 Å². The zero-order chi connectivity index (χ0) is 31.3. The molecule has 0 unspecified atom stereocenters. The van der Waals surface area contributed by atoms with Crippen molar-refractivity contribution in [3.63, 3.8) is 0 Å². The number of hydrogen-bond acceptors (Lipinski definition) is 6. The number of amides is 1. The quantitative estimate of drug-likeness (QED) is 0.230. The van der Waals surface area contributed by atoms with E-state index in [9.17, 15) is 9.59 Å². The third-order valence-electron chi connectivity index (χ3n) is 9.27. The number of hydrogen-bond donors (Lipinski definition) is 1. The minimum Gasteiger partial charge on any atom is -0.451 e. The second kappa shape index (κ2) is 13.4. The number of anilines is 1. The highest BCUT2D eigenvalue weighted by Crippen LogP contribution is 2.29. The molecule has 0 spiro atoms. The molecule has 1 aromatic heterocycles. The zero-order valence-corrected chi connectivity index (χ0v) is 25.6. The maximum absolute atomic E-state index is 13.3. The average molecular weight is 600 g/mol. The Morgan fingerprint density at radius 1 is 0.978 bits per heavy atom. The molecule has 2 aliphatic rings. The lowest BCUT2D eigenvalue weighted by molar-refractivity contribution is -0.122. The molecule has 45 heavy (non-hydrogen) atoms. The third-order valence-corrected chi connectivity index (χ3v) is 9.27. The summed E-state index contributed by atoms with van der Waals surface area (Å²) in [6.07, 6.45) is 3.73. The molecular weight excluding hydrogens is 562 g/mol. The second-order valence-corrected chi connectivity index (χ2v) is 12.3. The number of nitrogens with zero attached hydrogens (tertiary/aromatic N) is 4. The summed E-state index contributed by atoms with van der Waals surface area (Å²) in [6.45, 7) is 13.4. The van der Waals surface area contributed by atoms with E-state index in [2.05, 4.69) is 26.0 Å². The summed E-state index contributed by atoms with van der Waals surface area (Å²) < 4.78 is 5.96. The van der Waals surface area contributed by atoms with E-state index in [4.69, 9.17) is 16.3 Å². The number of carbonyl (C=O) groups is 2. The molecule has 0 bridgehead atoms. The molecule has 2 fully saturated rings. The third kappa shape index (κ3) is 7.09. The Hall–Kier alpha value is -4.92. The molecule has 0 aliphatic carbocycles. The molecule has 8 heteroatoms. The van der Waals surface area contributed by atoms with Crippen molar-refractivity contribution < 1.29 is 14.0 Å². The van der Waals surface area contributed by atoms with Gasteiger partial charge in [-0.15, -0.1) is 0 Å². The summed E-state index contributed by atoms with van der Waals surface area (Å²) in [6, 6.07) is 23.3. The predicted octanol–water partition coefficient (Wildman–Crippen LogP) is 6.59. The van der Waals surface area contributed by atoms with Crippen molar-refractivity contribution in [2.45, 2.75) is 51.6 Å². The molecule has 2 saturated heterocycles. The van der Waals surface area contributed by atoms with Crippen LogP contribution in [0, 0.1) is 30.7 Å². The maximum Gasteiger partial charge on any atom is 0.287 e. The van der Waals surface area contributed by atoms with Crippen LogP contribution in [0.15, 0.2) is 71.1 Å². The van der Waals surface area contributed by atoms with Gasteiger partial charge in [0.15, 0.2) is 11.4 Å². The predicted molar refractivity (Wildman–Crippen MR) is 174 cm³/mol. The number of benzene rings is 3. The van der Waals surface area contributed by atoms with Crippen molar-refractivity contribution in [1.82, 2.24) is 10.2 Å². The minimum absolute atomic E-state index is 0.0279. The van der Waals surface area contributed by atoms with E-state index in [-0.39, 0.29) is 23.7 Å². The van der Waals surface area contributed by atoms with Gasteiger partial charge in [-0.25, -0.2) is 4.85 Å². The normalized spacial score (nSPS) is 16.3.